The first-order chi connectivity index (χ1) is 11.5. The number of hydrogen-bond acceptors (Lipinski definition) is 7. The van der Waals surface area contributed by atoms with Gasteiger partial charge in [0.25, 0.3) is 0 Å². The molecule has 1 aromatic carbocycles. The SMILES string of the molecule is CCOC(=O)C1=C(N)Oc2ccccc2[C@H]1[C@@H](C#N)C(=O)OCC. The van der Waals surface area contributed by atoms with Gasteiger partial charge in [0.2, 0.25) is 5.88 Å². The fourth-order valence-corrected chi connectivity index (χ4v) is 2.59. The van der Waals surface area contributed by atoms with Crippen LogP contribution in [0.15, 0.2) is 35.7 Å². The third-order valence-corrected chi connectivity index (χ3v) is 3.56. The Morgan fingerprint density at radius 3 is 2.58 bits per heavy atom. The molecule has 0 saturated carbocycles. The summed E-state index contributed by atoms with van der Waals surface area (Å²) >= 11 is 0. The van der Waals surface area contributed by atoms with Gasteiger partial charge in [-0.15, -0.1) is 0 Å². The zero-order chi connectivity index (χ0) is 17.7. The van der Waals surface area contributed by atoms with E-state index in [0.717, 1.165) is 0 Å². The molecule has 1 heterocycles. The molecule has 0 fully saturated rings. The van der Waals surface area contributed by atoms with Crippen molar-refractivity contribution in [1.29, 1.82) is 5.26 Å². The maximum absolute atomic E-state index is 12.3. The van der Waals surface area contributed by atoms with Gasteiger partial charge < -0.3 is 19.9 Å². The molecule has 24 heavy (non-hydrogen) atoms. The normalized spacial score (nSPS) is 17.1. The lowest BCUT2D eigenvalue weighted by atomic mass is 9.79. The van der Waals surface area contributed by atoms with E-state index in [1.54, 1.807) is 38.1 Å². The summed E-state index contributed by atoms with van der Waals surface area (Å²) in [4.78, 5) is 24.5. The molecule has 1 aliphatic heterocycles. The van der Waals surface area contributed by atoms with Crippen LogP contribution in [0.5, 0.6) is 5.75 Å². The first-order valence-electron chi connectivity index (χ1n) is 7.54. The summed E-state index contributed by atoms with van der Waals surface area (Å²) in [5.74, 6) is -3.40. The highest BCUT2D eigenvalue weighted by Crippen LogP contribution is 2.43. The number of benzene rings is 1. The summed E-state index contributed by atoms with van der Waals surface area (Å²) in [5, 5.41) is 9.51. The molecule has 2 atom stereocenters. The second kappa shape index (κ2) is 7.51. The van der Waals surface area contributed by atoms with E-state index in [1.807, 2.05) is 6.07 Å². The summed E-state index contributed by atoms with van der Waals surface area (Å²) in [6.07, 6.45) is 0. The van der Waals surface area contributed by atoms with E-state index in [9.17, 15) is 14.9 Å². The van der Waals surface area contributed by atoms with Crippen LogP contribution in [0, 0.1) is 17.2 Å². The second-order valence-electron chi connectivity index (χ2n) is 4.97. The maximum Gasteiger partial charge on any atom is 0.340 e. The van der Waals surface area contributed by atoms with Gasteiger partial charge in [-0.2, -0.15) is 5.26 Å². The molecule has 1 aromatic rings. The van der Waals surface area contributed by atoms with Gasteiger partial charge >= 0.3 is 11.9 Å². The topological polar surface area (TPSA) is 112 Å². The predicted octanol–water partition coefficient (Wildman–Crippen LogP) is 1.60. The minimum absolute atomic E-state index is 0.0462. The van der Waals surface area contributed by atoms with Crippen molar-refractivity contribution in [3.63, 3.8) is 0 Å². The van der Waals surface area contributed by atoms with Gasteiger partial charge in [0.1, 0.15) is 11.3 Å². The van der Waals surface area contributed by atoms with Crippen molar-refractivity contribution < 1.29 is 23.8 Å². The Bertz CT molecular complexity index is 720. The average molecular weight is 330 g/mol. The van der Waals surface area contributed by atoms with E-state index in [-0.39, 0.29) is 24.7 Å². The van der Waals surface area contributed by atoms with Gasteiger partial charge in [-0.1, -0.05) is 18.2 Å². The summed E-state index contributed by atoms with van der Waals surface area (Å²) in [6, 6.07) is 8.69. The number of nitriles is 1. The lowest BCUT2D eigenvalue weighted by molar-refractivity contribution is -0.146. The number of hydrogen-bond donors (Lipinski definition) is 1. The van der Waals surface area contributed by atoms with Crippen molar-refractivity contribution >= 4 is 11.9 Å². The van der Waals surface area contributed by atoms with Crippen LogP contribution in [0.1, 0.15) is 25.3 Å². The molecule has 1 aliphatic rings. The van der Waals surface area contributed by atoms with Crippen LogP contribution < -0.4 is 10.5 Å². The van der Waals surface area contributed by atoms with E-state index in [2.05, 4.69) is 0 Å². The number of nitrogens with zero attached hydrogens (tertiary/aromatic N) is 1. The lowest BCUT2D eigenvalue weighted by Crippen LogP contribution is -2.33. The zero-order valence-electron chi connectivity index (χ0n) is 13.4. The molecule has 2 N–H and O–H groups in total. The molecule has 0 aliphatic carbocycles. The van der Waals surface area contributed by atoms with Crippen LogP contribution in [0.4, 0.5) is 0 Å². The van der Waals surface area contributed by atoms with Crippen molar-refractivity contribution in [2.45, 2.75) is 19.8 Å². The van der Waals surface area contributed by atoms with Crippen molar-refractivity contribution in [3.8, 4) is 11.8 Å². The number of rotatable bonds is 5. The number of carbonyl (C=O) groups excluding carboxylic acids is 2. The first-order valence-corrected chi connectivity index (χ1v) is 7.54. The largest absolute Gasteiger partial charge is 0.465 e. The zero-order valence-corrected chi connectivity index (χ0v) is 13.4. The van der Waals surface area contributed by atoms with Crippen molar-refractivity contribution in [3.05, 3.63) is 41.3 Å². The highest BCUT2D eigenvalue weighted by atomic mass is 16.5. The highest BCUT2D eigenvalue weighted by molar-refractivity contribution is 5.93. The van der Waals surface area contributed by atoms with Gasteiger partial charge in [0.05, 0.1) is 25.2 Å². The molecule has 2 rings (SSSR count). The molecule has 0 saturated heterocycles. The number of para-hydroxylation sites is 1. The molecule has 126 valence electrons. The Balaban J connectivity index is 2.58. The fraction of sp³-hybridized carbons (Fsp3) is 0.353. The summed E-state index contributed by atoms with van der Waals surface area (Å²) in [6.45, 7) is 3.53. The number of esters is 2. The molecular formula is C17H18N2O5. The predicted molar refractivity (Wildman–Crippen MR) is 83.4 cm³/mol. The summed E-state index contributed by atoms with van der Waals surface area (Å²) in [5.41, 5.74) is 6.34. The van der Waals surface area contributed by atoms with Crippen LogP contribution >= 0.6 is 0 Å². The average Bonchev–Trinajstić information content (AvgIpc) is 2.55. The van der Waals surface area contributed by atoms with Gasteiger partial charge in [-0.05, 0) is 19.9 Å². The van der Waals surface area contributed by atoms with Gasteiger partial charge in [0, 0.05) is 5.56 Å². The highest BCUT2D eigenvalue weighted by Gasteiger charge is 2.43. The Labute approximate surface area is 139 Å². The Morgan fingerprint density at radius 2 is 1.96 bits per heavy atom. The Kier molecular flexibility index (Phi) is 5.42. The number of nitrogens with two attached hydrogens (primary N) is 1. The van der Waals surface area contributed by atoms with Crippen LogP contribution in [0.2, 0.25) is 0 Å². The van der Waals surface area contributed by atoms with E-state index >= 15 is 0 Å². The summed E-state index contributed by atoms with van der Waals surface area (Å²) < 4.78 is 15.5. The van der Waals surface area contributed by atoms with Gasteiger partial charge in [-0.3, -0.25) is 4.79 Å². The second-order valence-corrected chi connectivity index (χ2v) is 4.97. The standard InChI is InChI=1S/C17H18N2O5/c1-3-22-16(20)11(9-18)13-10-7-5-6-8-12(10)24-15(19)14(13)17(21)23-4-2/h5-8,11,13H,3-4,19H2,1-2H3/t11-,13+/m1/s1. The minimum Gasteiger partial charge on any atom is -0.465 e. The minimum atomic E-state index is -1.24. The van der Waals surface area contributed by atoms with Gasteiger partial charge in [-0.25, -0.2) is 4.79 Å². The van der Waals surface area contributed by atoms with E-state index in [0.29, 0.717) is 11.3 Å². The fourth-order valence-electron chi connectivity index (χ4n) is 2.59. The lowest BCUT2D eigenvalue weighted by Gasteiger charge is -2.29. The van der Waals surface area contributed by atoms with Crippen LogP contribution in [0.3, 0.4) is 0 Å². The molecule has 0 amide bonds. The van der Waals surface area contributed by atoms with Crippen molar-refractivity contribution in [1.82, 2.24) is 0 Å². The van der Waals surface area contributed by atoms with E-state index < -0.39 is 23.8 Å². The van der Waals surface area contributed by atoms with E-state index in [1.165, 1.54) is 0 Å². The number of ether oxygens (including phenoxy) is 3. The van der Waals surface area contributed by atoms with Gasteiger partial charge in [0.15, 0.2) is 5.92 Å². The molecule has 0 unspecified atom stereocenters. The molecular weight excluding hydrogens is 312 g/mol. The number of carbonyl (C=O) groups is 2. The van der Waals surface area contributed by atoms with Crippen LogP contribution in [-0.2, 0) is 19.1 Å². The molecule has 0 aromatic heterocycles. The third kappa shape index (κ3) is 3.18. The molecule has 0 spiro atoms. The first kappa shape index (κ1) is 17.3. The molecule has 7 nitrogen and oxygen atoms in total. The van der Waals surface area contributed by atoms with Crippen LogP contribution in [-0.4, -0.2) is 25.2 Å². The molecule has 0 bridgehead atoms. The number of fused-ring (bicyclic) bond motifs is 1. The smallest absolute Gasteiger partial charge is 0.340 e. The van der Waals surface area contributed by atoms with Crippen molar-refractivity contribution in [2.75, 3.05) is 13.2 Å². The Morgan fingerprint density at radius 1 is 1.29 bits per heavy atom. The quantitative estimate of drug-likeness (QED) is 0.816. The summed E-state index contributed by atoms with van der Waals surface area (Å²) in [7, 11) is 0. The molecule has 0 radical (unpaired) electrons. The Hall–Kier alpha value is -3.01. The van der Waals surface area contributed by atoms with Crippen LogP contribution in [0.25, 0.3) is 0 Å². The van der Waals surface area contributed by atoms with E-state index in [4.69, 9.17) is 19.9 Å². The molecule has 7 heteroatoms. The monoisotopic (exact) mass is 330 g/mol. The third-order valence-electron chi connectivity index (χ3n) is 3.56. The maximum atomic E-state index is 12.3. The van der Waals surface area contributed by atoms with Crippen molar-refractivity contribution in [2.24, 2.45) is 11.7 Å².